The highest BCUT2D eigenvalue weighted by molar-refractivity contribution is 5.69. The molecule has 1 unspecified atom stereocenters. The molecule has 1 N–H and O–H groups in total. The lowest BCUT2D eigenvalue weighted by molar-refractivity contribution is -0.394. The molecule has 1 rings (SSSR count). The van der Waals surface area contributed by atoms with Crippen molar-refractivity contribution in [2.24, 2.45) is 0 Å². The lowest BCUT2D eigenvalue weighted by Crippen LogP contribution is -2.21. The van der Waals surface area contributed by atoms with E-state index < -0.39 is 27.3 Å². The van der Waals surface area contributed by atoms with Crippen molar-refractivity contribution in [1.29, 1.82) is 0 Å². The van der Waals surface area contributed by atoms with Gasteiger partial charge in [0.15, 0.2) is 5.75 Å². The van der Waals surface area contributed by atoms with Gasteiger partial charge in [-0.1, -0.05) is 32.6 Å². The molecule has 0 bridgehead atoms. The molecule has 1 aromatic carbocycles. The topological polar surface area (TPSA) is 142 Å². The van der Waals surface area contributed by atoms with Gasteiger partial charge in [0, 0.05) is 18.9 Å². The van der Waals surface area contributed by atoms with E-state index in [-0.39, 0.29) is 31.4 Å². The van der Waals surface area contributed by atoms with Crippen LogP contribution in [0.15, 0.2) is 18.2 Å². The number of nitro groups is 2. The largest absolute Gasteiger partial charge is 0.487 e. The zero-order valence-corrected chi connectivity index (χ0v) is 15.9. The summed E-state index contributed by atoms with van der Waals surface area (Å²) in [6, 6.07) is 3.05. The summed E-state index contributed by atoms with van der Waals surface area (Å²) in [5.41, 5.74) is -0.945. The molecule has 1 atom stereocenters. The molecule has 0 amide bonds. The van der Waals surface area contributed by atoms with E-state index in [4.69, 9.17) is 9.47 Å². The summed E-state index contributed by atoms with van der Waals surface area (Å²) in [6.07, 6.45) is 4.48. The summed E-state index contributed by atoms with van der Waals surface area (Å²) in [5.74, 6) is -0.505. The maximum absolute atomic E-state index is 11.6. The van der Waals surface area contributed by atoms with Crippen molar-refractivity contribution in [2.45, 2.75) is 58.0 Å². The Bertz CT molecular complexity index is 665. The van der Waals surface area contributed by atoms with Crippen LogP contribution in [0, 0.1) is 20.2 Å². The fraction of sp³-hybridized carbons (Fsp3) is 0.611. The van der Waals surface area contributed by atoms with Gasteiger partial charge in [-0.15, -0.1) is 0 Å². The van der Waals surface area contributed by atoms with E-state index >= 15 is 0 Å². The van der Waals surface area contributed by atoms with Crippen LogP contribution in [0.5, 0.6) is 5.75 Å². The summed E-state index contributed by atoms with van der Waals surface area (Å²) in [6.45, 7) is 1.85. The first kappa shape index (κ1) is 23.3. The third-order valence-electron chi connectivity index (χ3n) is 3.98. The number of carbonyl (C=O) groups is 1. The summed E-state index contributed by atoms with van der Waals surface area (Å²) in [4.78, 5) is 31.8. The number of ether oxygens (including phenoxy) is 2. The molecule has 0 aliphatic carbocycles. The molecular formula is C18H26N2O8. The van der Waals surface area contributed by atoms with E-state index in [1.165, 1.54) is 0 Å². The van der Waals surface area contributed by atoms with Gasteiger partial charge in [0.05, 0.1) is 28.6 Å². The molecular weight excluding hydrogens is 372 g/mol. The number of benzene rings is 1. The number of hydrogen-bond donors (Lipinski definition) is 1. The van der Waals surface area contributed by atoms with Crippen LogP contribution in [0.25, 0.3) is 0 Å². The number of aliphatic hydroxyl groups excluding tert-OH is 1. The second-order valence-electron chi connectivity index (χ2n) is 6.30. The Hall–Kier alpha value is -2.75. The van der Waals surface area contributed by atoms with Gasteiger partial charge in [-0.05, 0) is 12.5 Å². The van der Waals surface area contributed by atoms with Gasteiger partial charge < -0.3 is 14.6 Å². The van der Waals surface area contributed by atoms with Gasteiger partial charge in [0.1, 0.15) is 6.61 Å². The first-order chi connectivity index (χ1) is 13.3. The molecule has 0 saturated heterocycles. The summed E-state index contributed by atoms with van der Waals surface area (Å²) in [7, 11) is 0. The standard InChI is InChI=1S/C18H26N2O8/c1-2-3-4-5-6-7-18(22)28-13-15(21)10-11-27-17-9-8-14(19(23)24)12-16(17)20(25)26/h8-9,12,15,21H,2-7,10-11,13H2,1H3. The van der Waals surface area contributed by atoms with Gasteiger partial charge in [-0.25, -0.2) is 0 Å². The third kappa shape index (κ3) is 8.76. The number of aliphatic hydroxyl groups is 1. The SMILES string of the molecule is CCCCCCCC(=O)OCC(O)CCOc1ccc([N+](=O)[O-])cc1[N+](=O)[O-]. The van der Waals surface area contributed by atoms with Gasteiger partial charge in [-0.2, -0.15) is 0 Å². The number of hydrogen-bond acceptors (Lipinski definition) is 8. The van der Waals surface area contributed by atoms with Crippen molar-refractivity contribution < 1.29 is 29.2 Å². The smallest absolute Gasteiger partial charge is 0.317 e. The minimum Gasteiger partial charge on any atom is -0.487 e. The highest BCUT2D eigenvalue weighted by Gasteiger charge is 2.21. The molecule has 28 heavy (non-hydrogen) atoms. The van der Waals surface area contributed by atoms with Crippen LogP contribution in [0.4, 0.5) is 11.4 Å². The van der Waals surface area contributed by atoms with Crippen LogP contribution < -0.4 is 4.74 Å². The first-order valence-corrected chi connectivity index (χ1v) is 9.24. The Morgan fingerprint density at radius 1 is 1.14 bits per heavy atom. The van der Waals surface area contributed by atoms with Gasteiger partial charge in [-0.3, -0.25) is 25.0 Å². The highest BCUT2D eigenvalue weighted by Crippen LogP contribution is 2.31. The monoisotopic (exact) mass is 398 g/mol. The van der Waals surface area contributed by atoms with Crippen LogP contribution in [0.3, 0.4) is 0 Å². The minimum atomic E-state index is -0.971. The van der Waals surface area contributed by atoms with E-state index in [0.29, 0.717) is 6.42 Å². The molecule has 0 fully saturated rings. The fourth-order valence-corrected chi connectivity index (χ4v) is 2.41. The van der Waals surface area contributed by atoms with Crippen LogP contribution in [0.1, 0.15) is 51.9 Å². The average molecular weight is 398 g/mol. The lowest BCUT2D eigenvalue weighted by atomic mass is 10.1. The first-order valence-electron chi connectivity index (χ1n) is 9.24. The number of nitro benzene ring substituents is 2. The molecule has 0 aliphatic heterocycles. The Labute approximate surface area is 162 Å². The minimum absolute atomic E-state index is 0.0750. The summed E-state index contributed by atoms with van der Waals surface area (Å²) >= 11 is 0. The van der Waals surface area contributed by atoms with Crippen molar-refractivity contribution in [2.75, 3.05) is 13.2 Å². The van der Waals surface area contributed by atoms with Crippen molar-refractivity contribution in [3.05, 3.63) is 38.4 Å². The number of rotatable bonds is 14. The summed E-state index contributed by atoms with van der Waals surface area (Å²) < 4.78 is 10.2. The lowest BCUT2D eigenvalue weighted by Gasteiger charge is -2.12. The molecule has 1 aromatic rings. The number of esters is 1. The van der Waals surface area contributed by atoms with E-state index in [1.54, 1.807) is 0 Å². The molecule has 0 aromatic heterocycles. The predicted molar refractivity (Wildman–Crippen MR) is 100 cm³/mol. The van der Waals surface area contributed by atoms with Crippen LogP contribution in [0.2, 0.25) is 0 Å². The Balaban J connectivity index is 2.34. The number of unbranched alkanes of at least 4 members (excludes halogenated alkanes) is 4. The second kappa shape index (κ2) is 12.6. The van der Waals surface area contributed by atoms with Crippen molar-refractivity contribution in [1.82, 2.24) is 0 Å². The maximum Gasteiger partial charge on any atom is 0.317 e. The van der Waals surface area contributed by atoms with E-state index in [1.807, 2.05) is 0 Å². The zero-order valence-electron chi connectivity index (χ0n) is 15.9. The van der Waals surface area contributed by atoms with Gasteiger partial charge in [0.2, 0.25) is 0 Å². The maximum atomic E-state index is 11.6. The Kier molecular flexibility index (Phi) is 10.5. The molecule has 0 aliphatic rings. The third-order valence-corrected chi connectivity index (χ3v) is 3.98. The predicted octanol–water partition coefficient (Wildman–Crippen LogP) is 3.54. The quantitative estimate of drug-likeness (QED) is 0.217. The van der Waals surface area contributed by atoms with Crippen LogP contribution >= 0.6 is 0 Å². The fourth-order valence-electron chi connectivity index (χ4n) is 2.41. The zero-order chi connectivity index (χ0) is 20.9. The highest BCUT2D eigenvalue weighted by atomic mass is 16.6. The van der Waals surface area contributed by atoms with Gasteiger partial charge in [0.25, 0.3) is 5.69 Å². The Morgan fingerprint density at radius 3 is 2.50 bits per heavy atom. The average Bonchev–Trinajstić information content (AvgIpc) is 2.66. The van der Waals surface area contributed by atoms with Crippen LogP contribution in [-0.2, 0) is 9.53 Å². The van der Waals surface area contributed by atoms with Crippen molar-refractivity contribution >= 4 is 17.3 Å². The Morgan fingerprint density at radius 2 is 1.86 bits per heavy atom. The van der Waals surface area contributed by atoms with E-state index in [9.17, 15) is 30.1 Å². The molecule has 0 heterocycles. The molecule has 0 radical (unpaired) electrons. The second-order valence-corrected chi connectivity index (χ2v) is 6.30. The van der Waals surface area contributed by atoms with E-state index in [2.05, 4.69) is 6.92 Å². The molecule has 0 saturated carbocycles. The molecule has 156 valence electrons. The number of non-ortho nitro benzene ring substituents is 1. The van der Waals surface area contributed by atoms with Crippen LogP contribution in [-0.4, -0.2) is 40.2 Å². The van der Waals surface area contributed by atoms with Crippen molar-refractivity contribution in [3.8, 4) is 5.75 Å². The number of nitrogens with zero attached hydrogens (tertiary/aromatic N) is 2. The number of carbonyl (C=O) groups excluding carboxylic acids is 1. The van der Waals surface area contributed by atoms with E-state index in [0.717, 1.165) is 50.3 Å². The molecule has 0 spiro atoms. The molecule has 10 nitrogen and oxygen atoms in total. The van der Waals surface area contributed by atoms with Gasteiger partial charge >= 0.3 is 11.7 Å². The summed E-state index contributed by atoms with van der Waals surface area (Å²) in [5, 5.41) is 31.5. The van der Waals surface area contributed by atoms with Crippen molar-refractivity contribution in [3.63, 3.8) is 0 Å². The molecule has 10 heteroatoms. The normalized spacial score (nSPS) is 11.6.